The minimum atomic E-state index is -2.86. The molecular weight excluding hydrogens is 276 g/mol. The Morgan fingerprint density at radius 1 is 1.30 bits per heavy atom. The highest BCUT2D eigenvalue weighted by molar-refractivity contribution is 7.91. The van der Waals surface area contributed by atoms with Crippen molar-refractivity contribution in [3.63, 3.8) is 0 Å². The van der Waals surface area contributed by atoms with Crippen LogP contribution in [0.4, 0.5) is 5.69 Å². The molecule has 1 aliphatic rings. The Balaban J connectivity index is 1.90. The Kier molecular flexibility index (Phi) is 4.65. The van der Waals surface area contributed by atoms with Gasteiger partial charge in [-0.15, -0.1) is 0 Å². The molecule has 2 N–H and O–H groups in total. The number of likely N-dealkylation sites (N-methyl/N-ethyl adjacent to an activating group) is 1. The zero-order valence-electron chi connectivity index (χ0n) is 11.6. The van der Waals surface area contributed by atoms with Crippen molar-refractivity contribution < 1.29 is 13.2 Å². The third-order valence-electron chi connectivity index (χ3n) is 3.30. The number of carbonyl (C=O) groups is 1. The molecule has 1 atom stereocenters. The zero-order valence-corrected chi connectivity index (χ0v) is 12.4. The van der Waals surface area contributed by atoms with Gasteiger partial charge in [-0.3, -0.25) is 4.79 Å². The molecule has 1 amide bonds. The molecule has 1 saturated heterocycles. The Bertz CT molecular complexity index is 567. The van der Waals surface area contributed by atoms with E-state index in [1.54, 1.807) is 0 Å². The average molecular weight is 296 g/mol. The van der Waals surface area contributed by atoms with E-state index in [0.29, 0.717) is 19.4 Å². The molecule has 1 aromatic carbocycles. The van der Waals surface area contributed by atoms with E-state index in [1.807, 2.05) is 31.2 Å². The number of anilines is 1. The second-order valence-corrected chi connectivity index (χ2v) is 7.30. The predicted molar refractivity (Wildman–Crippen MR) is 79.5 cm³/mol. The van der Waals surface area contributed by atoms with Gasteiger partial charge in [0.15, 0.2) is 9.84 Å². The standard InChI is InChI=1S/C14H20N2O3S/c1-2-15-14(17)9-11-3-5-12(6-4-11)16-13-7-8-20(18,19)10-13/h3-6,13,16H,2,7-10H2,1H3,(H,15,17). The summed E-state index contributed by atoms with van der Waals surface area (Å²) in [7, 11) is -2.86. The highest BCUT2D eigenvalue weighted by Crippen LogP contribution is 2.18. The molecule has 1 aromatic rings. The molecule has 1 heterocycles. The minimum Gasteiger partial charge on any atom is -0.381 e. The van der Waals surface area contributed by atoms with Gasteiger partial charge in [0.05, 0.1) is 17.9 Å². The van der Waals surface area contributed by atoms with E-state index in [0.717, 1.165) is 11.3 Å². The van der Waals surface area contributed by atoms with Crippen molar-refractivity contribution in [1.82, 2.24) is 5.32 Å². The molecule has 1 fully saturated rings. The van der Waals surface area contributed by atoms with E-state index in [1.165, 1.54) is 0 Å². The first kappa shape index (κ1) is 14.8. The van der Waals surface area contributed by atoms with E-state index >= 15 is 0 Å². The summed E-state index contributed by atoms with van der Waals surface area (Å²) >= 11 is 0. The first-order valence-electron chi connectivity index (χ1n) is 6.81. The fourth-order valence-corrected chi connectivity index (χ4v) is 3.98. The predicted octanol–water partition coefficient (Wildman–Crippen LogP) is 0.964. The third-order valence-corrected chi connectivity index (χ3v) is 5.06. The number of amides is 1. The molecule has 1 unspecified atom stereocenters. The van der Waals surface area contributed by atoms with E-state index in [2.05, 4.69) is 10.6 Å². The van der Waals surface area contributed by atoms with Crippen molar-refractivity contribution in [2.45, 2.75) is 25.8 Å². The maximum Gasteiger partial charge on any atom is 0.224 e. The third kappa shape index (κ3) is 4.23. The minimum absolute atomic E-state index is 0.00533. The van der Waals surface area contributed by atoms with Crippen LogP contribution in [0.15, 0.2) is 24.3 Å². The van der Waals surface area contributed by atoms with Gasteiger partial charge in [0, 0.05) is 18.3 Å². The summed E-state index contributed by atoms with van der Waals surface area (Å²) in [4.78, 5) is 11.5. The van der Waals surface area contributed by atoms with E-state index in [9.17, 15) is 13.2 Å². The summed E-state index contributed by atoms with van der Waals surface area (Å²) in [5, 5.41) is 5.98. The summed E-state index contributed by atoms with van der Waals surface area (Å²) in [6.07, 6.45) is 1.02. The summed E-state index contributed by atoms with van der Waals surface area (Å²) in [5.41, 5.74) is 1.84. The lowest BCUT2D eigenvalue weighted by molar-refractivity contribution is -0.120. The van der Waals surface area contributed by atoms with Gasteiger partial charge < -0.3 is 10.6 Å². The second-order valence-electron chi connectivity index (χ2n) is 5.07. The molecule has 110 valence electrons. The molecule has 0 saturated carbocycles. The number of benzene rings is 1. The molecule has 1 aliphatic heterocycles. The van der Waals surface area contributed by atoms with Crippen LogP contribution < -0.4 is 10.6 Å². The molecule has 0 bridgehead atoms. The summed E-state index contributed by atoms with van der Waals surface area (Å²) < 4.78 is 22.8. The van der Waals surface area contributed by atoms with Gasteiger partial charge in [0.1, 0.15) is 0 Å². The van der Waals surface area contributed by atoms with Crippen molar-refractivity contribution in [3.05, 3.63) is 29.8 Å². The van der Waals surface area contributed by atoms with Gasteiger partial charge in [-0.05, 0) is 31.0 Å². The monoisotopic (exact) mass is 296 g/mol. The van der Waals surface area contributed by atoms with Crippen molar-refractivity contribution in [1.29, 1.82) is 0 Å². The second kappa shape index (κ2) is 6.26. The number of carbonyl (C=O) groups excluding carboxylic acids is 1. The Hall–Kier alpha value is -1.56. The Morgan fingerprint density at radius 2 is 2.00 bits per heavy atom. The fourth-order valence-electron chi connectivity index (χ4n) is 2.31. The smallest absolute Gasteiger partial charge is 0.224 e. The van der Waals surface area contributed by atoms with Crippen molar-refractivity contribution >= 4 is 21.4 Å². The van der Waals surface area contributed by atoms with E-state index < -0.39 is 9.84 Å². The number of nitrogens with one attached hydrogen (secondary N) is 2. The quantitative estimate of drug-likeness (QED) is 0.849. The number of hydrogen-bond donors (Lipinski definition) is 2. The van der Waals surface area contributed by atoms with Crippen LogP contribution in [-0.4, -0.2) is 38.4 Å². The van der Waals surface area contributed by atoms with Crippen LogP contribution in [0.3, 0.4) is 0 Å². The van der Waals surface area contributed by atoms with Gasteiger partial charge in [-0.25, -0.2) is 8.42 Å². The number of hydrogen-bond acceptors (Lipinski definition) is 4. The highest BCUT2D eigenvalue weighted by Gasteiger charge is 2.27. The molecule has 0 radical (unpaired) electrons. The molecule has 6 heteroatoms. The summed E-state index contributed by atoms with van der Waals surface area (Å²) in [6.45, 7) is 2.52. The van der Waals surface area contributed by atoms with E-state index in [-0.39, 0.29) is 23.5 Å². The summed E-state index contributed by atoms with van der Waals surface area (Å²) in [6, 6.07) is 7.55. The van der Waals surface area contributed by atoms with E-state index in [4.69, 9.17) is 0 Å². The average Bonchev–Trinajstić information content (AvgIpc) is 2.71. The van der Waals surface area contributed by atoms with Crippen LogP contribution in [0.2, 0.25) is 0 Å². The van der Waals surface area contributed by atoms with Crippen LogP contribution >= 0.6 is 0 Å². The Morgan fingerprint density at radius 3 is 2.55 bits per heavy atom. The first-order valence-corrected chi connectivity index (χ1v) is 8.63. The molecule has 5 nitrogen and oxygen atoms in total. The first-order chi connectivity index (χ1) is 9.48. The molecule has 0 aliphatic carbocycles. The van der Waals surface area contributed by atoms with Gasteiger partial charge >= 0.3 is 0 Å². The number of sulfone groups is 1. The molecular formula is C14H20N2O3S. The Labute approximate surface area is 119 Å². The van der Waals surface area contributed by atoms with Crippen LogP contribution in [0.1, 0.15) is 18.9 Å². The van der Waals surface area contributed by atoms with Crippen molar-refractivity contribution in [2.24, 2.45) is 0 Å². The number of rotatable bonds is 5. The van der Waals surface area contributed by atoms with Crippen LogP contribution in [0, 0.1) is 0 Å². The summed E-state index contributed by atoms with van der Waals surface area (Å²) in [5.74, 6) is 0.475. The van der Waals surface area contributed by atoms with Crippen molar-refractivity contribution in [3.8, 4) is 0 Å². The largest absolute Gasteiger partial charge is 0.381 e. The molecule has 20 heavy (non-hydrogen) atoms. The van der Waals surface area contributed by atoms with Crippen LogP contribution in [0.25, 0.3) is 0 Å². The lowest BCUT2D eigenvalue weighted by atomic mass is 10.1. The normalized spacial score (nSPS) is 20.6. The lowest BCUT2D eigenvalue weighted by Crippen LogP contribution is -2.24. The van der Waals surface area contributed by atoms with Gasteiger partial charge in [-0.2, -0.15) is 0 Å². The topological polar surface area (TPSA) is 75.3 Å². The van der Waals surface area contributed by atoms with Crippen LogP contribution in [0.5, 0.6) is 0 Å². The lowest BCUT2D eigenvalue weighted by Gasteiger charge is -2.12. The maximum atomic E-state index is 11.5. The van der Waals surface area contributed by atoms with Crippen LogP contribution in [-0.2, 0) is 21.1 Å². The SMILES string of the molecule is CCNC(=O)Cc1ccc(NC2CCS(=O)(=O)C2)cc1. The molecule has 0 spiro atoms. The fraction of sp³-hybridized carbons (Fsp3) is 0.500. The zero-order chi connectivity index (χ0) is 14.6. The molecule has 2 rings (SSSR count). The van der Waals surface area contributed by atoms with Gasteiger partial charge in [0.25, 0.3) is 0 Å². The maximum absolute atomic E-state index is 11.5. The van der Waals surface area contributed by atoms with Gasteiger partial charge in [-0.1, -0.05) is 12.1 Å². The molecule has 0 aromatic heterocycles. The van der Waals surface area contributed by atoms with Gasteiger partial charge in [0.2, 0.25) is 5.91 Å². The highest BCUT2D eigenvalue weighted by atomic mass is 32.2. The van der Waals surface area contributed by atoms with Crippen molar-refractivity contribution in [2.75, 3.05) is 23.4 Å².